The van der Waals surface area contributed by atoms with Crippen LogP contribution in [0.2, 0.25) is 0 Å². The van der Waals surface area contributed by atoms with Gasteiger partial charge in [-0.3, -0.25) is 4.79 Å². The minimum Gasteiger partial charge on any atom is -0.375 e. The summed E-state index contributed by atoms with van der Waals surface area (Å²) in [5, 5.41) is 7.97. The maximum atomic E-state index is 13.2. The Morgan fingerprint density at radius 2 is 1.11 bits per heavy atom. The Morgan fingerprint density at radius 3 is 1.37 bits per heavy atom. The van der Waals surface area contributed by atoms with Gasteiger partial charge in [-0.2, -0.15) is 43.9 Å². The standard InChI is InChI=1S/C12H10Cl2F10O3/c13-9(15,16)7(26,11(19,20)21)4-1-2-5(6(25)3-4)8(27,10(14,17)18)12(22,23)24/h4-5,26-27H,1-3H2/t4-,5-,7-,8-/m0/s1. The van der Waals surface area contributed by atoms with Crippen molar-refractivity contribution in [1.82, 2.24) is 0 Å². The van der Waals surface area contributed by atoms with Crippen LogP contribution in [0.25, 0.3) is 0 Å². The zero-order chi connectivity index (χ0) is 21.9. The van der Waals surface area contributed by atoms with E-state index < -0.39 is 71.2 Å². The highest BCUT2D eigenvalue weighted by Gasteiger charge is 2.76. The van der Waals surface area contributed by atoms with Crippen LogP contribution < -0.4 is 0 Å². The van der Waals surface area contributed by atoms with E-state index in [9.17, 15) is 58.9 Å². The number of halogens is 12. The predicted molar refractivity (Wildman–Crippen MR) is 69.4 cm³/mol. The molecule has 4 atom stereocenters. The molecule has 1 aliphatic rings. The second kappa shape index (κ2) is 6.77. The lowest BCUT2D eigenvalue weighted by Gasteiger charge is -2.45. The molecule has 0 radical (unpaired) electrons. The van der Waals surface area contributed by atoms with E-state index in [1.165, 1.54) is 0 Å². The molecule has 1 fully saturated rings. The van der Waals surface area contributed by atoms with E-state index >= 15 is 0 Å². The van der Waals surface area contributed by atoms with Gasteiger partial charge in [0.15, 0.2) is 0 Å². The lowest BCUT2D eigenvalue weighted by atomic mass is 9.67. The Hall–Kier alpha value is -0.530. The maximum absolute atomic E-state index is 13.2. The summed E-state index contributed by atoms with van der Waals surface area (Å²) in [5.74, 6) is -7.88. The molecule has 0 heterocycles. The van der Waals surface area contributed by atoms with Crippen LogP contribution in [0.4, 0.5) is 43.9 Å². The largest absolute Gasteiger partial charge is 0.425 e. The summed E-state index contributed by atoms with van der Waals surface area (Å²) in [7, 11) is 0. The van der Waals surface area contributed by atoms with E-state index in [0.717, 1.165) is 0 Å². The molecule has 0 amide bonds. The van der Waals surface area contributed by atoms with Crippen molar-refractivity contribution >= 4 is 29.0 Å². The summed E-state index contributed by atoms with van der Waals surface area (Å²) in [6, 6.07) is 0. The summed E-state index contributed by atoms with van der Waals surface area (Å²) < 4.78 is 130. The predicted octanol–water partition coefficient (Wildman–Crippen LogP) is 4.22. The average molecular weight is 463 g/mol. The molecule has 0 aliphatic heterocycles. The lowest BCUT2D eigenvalue weighted by molar-refractivity contribution is -0.339. The van der Waals surface area contributed by atoms with Crippen LogP contribution in [-0.4, -0.2) is 50.3 Å². The van der Waals surface area contributed by atoms with Crippen LogP contribution in [0, 0.1) is 11.8 Å². The Balaban J connectivity index is 3.32. The monoisotopic (exact) mass is 462 g/mol. The normalized spacial score (nSPS) is 27.9. The highest BCUT2D eigenvalue weighted by Crippen LogP contribution is 2.56. The van der Waals surface area contributed by atoms with Crippen LogP contribution in [0.3, 0.4) is 0 Å². The third kappa shape index (κ3) is 3.84. The Labute approximate surface area is 154 Å². The summed E-state index contributed by atoms with van der Waals surface area (Å²) in [6.45, 7) is 0. The fourth-order valence-electron chi connectivity index (χ4n) is 2.99. The van der Waals surface area contributed by atoms with E-state index in [2.05, 4.69) is 23.2 Å². The number of hydrogen-bond acceptors (Lipinski definition) is 3. The molecular weight excluding hydrogens is 453 g/mol. The van der Waals surface area contributed by atoms with E-state index in [-0.39, 0.29) is 0 Å². The van der Waals surface area contributed by atoms with Crippen LogP contribution in [0.5, 0.6) is 0 Å². The third-order valence-corrected chi connectivity index (χ3v) is 5.04. The number of Topliss-reactive ketones (excluding diaryl/α,β-unsaturated/α-hetero) is 1. The molecule has 15 heteroatoms. The van der Waals surface area contributed by atoms with Crippen LogP contribution in [0.15, 0.2) is 0 Å². The Kier molecular flexibility index (Phi) is 6.14. The van der Waals surface area contributed by atoms with Gasteiger partial charge in [-0.05, 0) is 36.0 Å². The Bertz CT molecular complexity index is 550. The number of alkyl halides is 12. The average Bonchev–Trinajstić information content (AvgIpc) is 2.40. The van der Waals surface area contributed by atoms with Gasteiger partial charge in [0, 0.05) is 12.3 Å². The topological polar surface area (TPSA) is 57.5 Å². The fraction of sp³-hybridized carbons (Fsp3) is 0.917. The van der Waals surface area contributed by atoms with Gasteiger partial charge in [0.2, 0.25) is 11.2 Å². The van der Waals surface area contributed by atoms with Crippen molar-refractivity contribution in [2.45, 2.75) is 53.6 Å². The molecule has 0 aromatic heterocycles. The van der Waals surface area contributed by atoms with Gasteiger partial charge < -0.3 is 10.2 Å². The molecule has 160 valence electrons. The molecular formula is C12H10Cl2F10O3. The van der Waals surface area contributed by atoms with Crippen molar-refractivity contribution in [2.75, 3.05) is 0 Å². The van der Waals surface area contributed by atoms with Gasteiger partial charge in [0.05, 0.1) is 5.92 Å². The van der Waals surface area contributed by atoms with Crippen molar-refractivity contribution in [1.29, 1.82) is 0 Å². The quantitative estimate of drug-likeness (QED) is 0.485. The molecule has 0 spiro atoms. The van der Waals surface area contributed by atoms with Gasteiger partial charge in [-0.1, -0.05) is 0 Å². The van der Waals surface area contributed by atoms with Gasteiger partial charge >= 0.3 is 23.1 Å². The summed E-state index contributed by atoms with van der Waals surface area (Å²) in [4.78, 5) is 11.8. The van der Waals surface area contributed by atoms with Crippen LogP contribution in [0.1, 0.15) is 19.3 Å². The number of rotatable bonds is 4. The molecule has 1 rings (SSSR count). The molecule has 0 aromatic carbocycles. The van der Waals surface area contributed by atoms with Crippen molar-refractivity contribution in [2.24, 2.45) is 11.8 Å². The highest BCUT2D eigenvalue weighted by molar-refractivity contribution is 6.23. The van der Waals surface area contributed by atoms with Crippen molar-refractivity contribution in [3.63, 3.8) is 0 Å². The first-order valence-electron chi connectivity index (χ1n) is 6.86. The summed E-state index contributed by atoms with van der Waals surface area (Å²) >= 11 is 8.56. The smallest absolute Gasteiger partial charge is 0.375 e. The maximum Gasteiger partial charge on any atom is 0.425 e. The van der Waals surface area contributed by atoms with Crippen molar-refractivity contribution in [3.8, 4) is 0 Å². The lowest BCUT2D eigenvalue weighted by Crippen LogP contribution is -2.66. The van der Waals surface area contributed by atoms with E-state index in [0.29, 0.717) is 0 Å². The number of ketones is 1. The van der Waals surface area contributed by atoms with Gasteiger partial charge in [-0.25, -0.2) is 0 Å². The molecule has 1 aliphatic carbocycles. The first-order valence-corrected chi connectivity index (χ1v) is 7.62. The van der Waals surface area contributed by atoms with Gasteiger partial charge in [0.1, 0.15) is 5.78 Å². The van der Waals surface area contributed by atoms with E-state index in [1.807, 2.05) is 0 Å². The van der Waals surface area contributed by atoms with Gasteiger partial charge in [0.25, 0.3) is 0 Å². The zero-order valence-electron chi connectivity index (χ0n) is 12.6. The molecule has 3 nitrogen and oxygen atoms in total. The van der Waals surface area contributed by atoms with Gasteiger partial charge in [-0.15, -0.1) is 0 Å². The SMILES string of the molecule is O=C1C[C@@H]([C@@](O)(C(F)(F)F)C(F)(F)Cl)CC[C@@H]1[C@@](O)(C(F)(F)F)C(F)(F)Cl. The first kappa shape index (κ1) is 24.5. The first-order chi connectivity index (χ1) is 11.6. The molecule has 0 saturated heterocycles. The Morgan fingerprint density at radius 1 is 0.741 bits per heavy atom. The van der Waals surface area contributed by atoms with E-state index in [4.69, 9.17) is 0 Å². The van der Waals surface area contributed by atoms with Crippen molar-refractivity contribution in [3.05, 3.63) is 0 Å². The summed E-state index contributed by atoms with van der Waals surface area (Å²) in [5.41, 5.74) is -10.2. The molecule has 0 bridgehead atoms. The third-order valence-electron chi connectivity index (χ3n) is 4.46. The fourth-order valence-corrected chi connectivity index (χ4v) is 3.49. The molecule has 0 aromatic rings. The minimum absolute atomic E-state index is 1.42. The summed E-state index contributed by atoms with van der Waals surface area (Å²) in [6.07, 6.45) is -17.1. The zero-order valence-corrected chi connectivity index (χ0v) is 14.1. The number of aliphatic hydroxyl groups is 2. The highest BCUT2D eigenvalue weighted by atomic mass is 35.5. The molecule has 2 N–H and O–H groups in total. The molecule has 27 heavy (non-hydrogen) atoms. The van der Waals surface area contributed by atoms with E-state index in [1.54, 1.807) is 0 Å². The second-order valence-electron chi connectivity index (χ2n) is 6.02. The van der Waals surface area contributed by atoms with Crippen LogP contribution in [-0.2, 0) is 4.79 Å². The molecule has 0 unspecified atom stereocenters. The van der Waals surface area contributed by atoms with Crippen molar-refractivity contribution < 1.29 is 58.9 Å². The second-order valence-corrected chi connectivity index (χ2v) is 6.97. The minimum atomic E-state index is -6.19. The molecule has 1 saturated carbocycles. The number of hydrogen-bond donors (Lipinski definition) is 2. The number of carbonyl (C=O) groups excluding carboxylic acids is 1. The van der Waals surface area contributed by atoms with Crippen LogP contribution >= 0.6 is 23.2 Å². The number of carbonyl (C=O) groups is 1.